The summed E-state index contributed by atoms with van der Waals surface area (Å²) in [4.78, 5) is 3.51. The number of aromatic nitrogens is 4. The third kappa shape index (κ3) is 3.04. The molecule has 0 aromatic carbocycles. The van der Waals surface area contributed by atoms with E-state index in [0.717, 1.165) is 24.5 Å². The Kier molecular flexibility index (Phi) is 3.63. The molecule has 0 N–H and O–H groups in total. The number of piperazine rings is 1. The summed E-state index contributed by atoms with van der Waals surface area (Å²) in [7, 11) is 0. The van der Waals surface area contributed by atoms with Gasteiger partial charge in [-0.1, -0.05) is 0 Å². The zero-order chi connectivity index (χ0) is 16.9. The summed E-state index contributed by atoms with van der Waals surface area (Å²) in [6.07, 6.45) is -1.94. The Balaban J connectivity index is 1.52. The molecule has 1 saturated carbocycles. The molecule has 4 rings (SSSR count). The van der Waals surface area contributed by atoms with Gasteiger partial charge in [0.2, 0.25) is 0 Å². The fraction of sp³-hybridized carbons (Fsp3) is 0.667. The summed E-state index contributed by atoms with van der Waals surface area (Å²) in [5.74, 6) is 2.09. The van der Waals surface area contributed by atoms with E-state index in [1.165, 1.54) is 4.90 Å². The van der Waals surface area contributed by atoms with E-state index in [-0.39, 0.29) is 6.04 Å². The molecule has 6 nitrogen and oxygen atoms in total. The molecule has 0 amide bonds. The number of hydrogen-bond acceptors (Lipinski definition) is 5. The summed E-state index contributed by atoms with van der Waals surface area (Å²) in [6, 6.07) is 3.56. The molecule has 2 aromatic rings. The zero-order valence-corrected chi connectivity index (χ0v) is 13.4. The molecule has 9 heteroatoms. The molecule has 2 aliphatic rings. The number of alkyl halides is 3. The van der Waals surface area contributed by atoms with Gasteiger partial charge in [0.1, 0.15) is 5.82 Å². The van der Waals surface area contributed by atoms with Crippen molar-refractivity contribution in [3.8, 4) is 0 Å². The average molecular weight is 340 g/mol. The summed E-state index contributed by atoms with van der Waals surface area (Å²) >= 11 is 0. The molecule has 1 saturated heterocycles. The second-order valence-corrected chi connectivity index (χ2v) is 6.67. The number of fused-ring (bicyclic) bond motifs is 1. The number of hydrogen-bond donors (Lipinski definition) is 0. The van der Waals surface area contributed by atoms with Crippen LogP contribution in [0.5, 0.6) is 0 Å². The predicted molar refractivity (Wildman–Crippen MR) is 82.1 cm³/mol. The van der Waals surface area contributed by atoms with E-state index in [9.17, 15) is 13.2 Å². The van der Waals surface area contributed by atoms with Crippen LogP contribution in [0.25, 0.3) is 5.65 Å². The van der Waals surface area contributed by atoms with Crippen molar-refractivity contribution in [2.45, 2.75) is 37.9 Å². The lowest BCUT2D eigenvalue weighted by molar-refractivity contribution is -0.150. The maximum absolute atomic E-state index is 12.6. The van der Waals surface area contributed by atoms with Crippen LogP contribution >= 0.6 is 0 Å². The van der Waals surface area contributed by atoms with Crippen LogP contribution in [0.1, 0.15) is 31.5 Å². The highest BCUT2D eigenvalue weighted by molar-refractivity contribution is 5.46. The van der Waals surface area contributed by atoms with Gasteiger partial charge in [0.15, 0.2) is 11.5 Å². The second kappa shape index (κ2) is 5.58. The molecular weight excluding hydrogens is 321 g/mol. The molecular formula is C15H19F3N6. The van der Waals surface area contributed by atoms with Gasteiger partial charge in [0.05, 0.1) is 6.54 Å². The van der Waals surface area contributed by atoms with Gasteiger partial charge in [-0.05, 0) is 31.9 Å². The van der Waals surface area contributed by atoms with Crippen LogP contribution in [0.3, 0.4) is 0 Å². The highest BCUT2D eigenvalue weighted by Crippen LogP contribution is 2.38. The number of halogens is 3. The van der Waals surface area contributed by atoms with Gasteiger partial charge < -0.3 is 4.90 Å². The van der Waals surface area contributed by atoms with E-state index in [1.807, 2.05) is 24.0 Å². The van der Waals surface area contributed by atoms with Gasteiger partial charge in [-0.2, -0.15) is 17.7 Å². The van der Waals surface area contributed by atoms with E-state index in [1.54, 1.807) is 4.52 Å². The molecule has 1 aliphatic carbocycles. The monoisotopic (exact) mass is 340 g/mol. The van der Waals surface area contributed by atoms with E-state index in [2.05, 4.69) is 15.3 Å². The topological polar surface area (TPSA) is 49.6 Å². The van der Waals surface area contributed by atoms with Crippen LogP contribution in [0.4, 0.5) is 19.0 Å². The third-order valence-corrected chi connectivity index (χ3v) is 4.69. The zero-order valence-electron chi connectivity index (χ0n) is 13.4. The van der Waals surface area contributed by atoms with E-state index in [0.29, 0.717) is 31.2 Å². The van der Waals surface area contributed by atoms with Gasteiger partial charge in [-0.25, -0.2) is 0 Å². The van der Waals surface area contributed by atoms with Crippen molar-refractivity contribution in [3.63, 3.8) is 0 Å². The van der Waals surface area contributed by atoms with Crippen molar-refractivity contribution in [3.05, 3.63) is 18.0 Å². The van der Waals surface area contributed by atoms with Crippen molar-refractivity contribution >= 4 is 11.5 Å². The van der Waals surface area contributed by atoms with Crippen LogP contribution in [-0.4, -0.2) is 63.1 Å². The predicted octanol–water partition coefficient (Wildman–Crippen LogP) is 2.07. The number of anilines is 1. The fourth-order valence-corrected chi connectivity index (χ4v) is 3.23. The minimum absolute atomic E-state index is 0.179. The van der Waals surface area contributed by atoms with Crippen molar-refractivity contribution < 1.29 is 13.2 Å². The summed E-state index contributed by atoms with van der Waals surface area (Å²) in [6.45, 7) is 2.39. The van der Waals surface area contributed by atoms with Crippen molar-refractivity contribution in [1.82, 2.24) is 24.7 Å². The lowest BCUT2D eigenvalue weighted by Crippen LogP contribution is -2.54. The first-order valence-electron chi connectivity index (χ1n) is 8.19. The van der Waals surface area contributed by atoms with Gasteiger partial charge in [-0.3, -0.25) is 4.90 Å². The highest BCUT2D eigenvalue weighted by atomic mass is 19.4. The summed E-state index contributed by atoms with van der Waals surface area (Å²) in [5.41, 5.74) is 0.712. The van der Waals surface area contributed by atoms with Crippen molar-refractivity contribution in [2.75, 3.05) is 31.1 Å². The van der Waals surface area contributed by atoms with E-state index >= 15 is 0 Å². The second-order valence-electron chi connectivity index (χ2n) is 6.67. The van der Waals surface area contributed by atoms with Gasteiger partial charge >= 0.3 is 6.18 Å². The Morgan fingerprint density at radius 1 is 1.17 bits per heavy atom. The standard InChI is InChI=1S/C15H19F3N6/c1-10-8-22(6-7-23(10)9-15(16,17)18)13-5-4-12-19-20-14(11-2-3-11)24(12)21-13/h4-5,10-11H,2-3,6-9H2,1H3. The first-order chi connectivity index (χ1) is 11.4. The molecule has 1 atom stereocenters. The molecule has 1 unspecified atom stereocenters. The Labute approximate surface area is 137 Å². The largest absolute Gasteiger partial charge is 0.401 e. The quantitative estimate of drug-likeness (QED) is 0.856. The molecule has 2 fully saturated rings. The van der Waals surface area contributed by atoms with Crippen LogP contribution < -0.4 is 4.90 Å². The number of nitrogens with zero attached hydrogens (tertiary/aromatic N) is 6. The van der Waals surface area contributed by atoms with Crippen LogP contribution in [-0.2, 0) is 0 Å². The van der Waals surface area contributed by atoms with Gasteiger partial charge in [-0.15, -0.1) is 15.3 Å². The molecule has 1 aliphatic heterocycles. The fourth-order valence-electron chi connectivity index (χ4n) is 3.23. The molecule has 24 heavy (non-hydrogen) atoms. The van der Waals surface area contributed by atoms with Crippen molar-refractivity contribution in [2.24, 2.45) is 0 Å². The normalized spacial score (nSPS) is 23.2. The van der Waals surface area contributed by atoms with Crippen molar-refractivity contribution in [1.29, 1.82) is 0 Å². The molecule has 0 radical (unpaired) electrons. The molecule has 0 bridgehead atoms. The van der Waals surface area contributed by atoms with Crippen LogP contribution in [0, 0.1) is 0 Å². The lowest BCUT2D eigenvalue weighted by Gasteiger charge is -2.40. The highest BCUT2D eigenvalue weighted by Gasteiger charge is 2.35. The SMILES string of the molecule is CC1CN(c2ccc3nnc(C4CC4)n3n2)CCN1CC(F)(F)F. The number of rotatable bonds is 3. The van der Waals surface area contributed by atoms with Crippen LogP contribution in [0.2, 0.25) is 0 Å². The molecule has 3 heterocycles. The van der Waals surface area contributed by atoms with E-state index < -0.39 is 12.7 Å². The van der Waals surface area contributed by atoms with Gasteiger partial charge in [0.25, 0.3) is 0 Å². The molecule has 0 spiro atoms. The smallest absolute Gasteiger partial charge is 0.352 e. The maximum Gasteiger partial charge on any atom is 0.401 e. The lowest BCUT2D eigenvalue weighted by atomic mass is 10.2. The minimum Gasteiger partial charge on any atom is -0.352 e. The summed E-state index contributed by atoms with van der Waals surface area (Å²) in [5, 5.41) is 13.0. The maximum atomic E-state index is 12.6. The Hall–Kier alpha value is -1.90. The molecule has 130 valence electrons. The minimum atomic E-state index is -4.16. The summed E-state index contributed by atoms with van der Waals surface area (Å²) < 4.78 is 39.6. The van der Waals surface area contributed by atoms with E-state index in [4.69, 9.17) is 0 Å². The van der Waals surface area contributed by atoms with Gasteiger partial charge in [0, 0.05) is 31.6 Å². The Bertz CT molecular complexity index is 738. The Morgan fingerprint density at radius 3 is 2.62 bits per heavy atom. The first-order valence-corrected chi connectivity index (χ1v) is 8.19. The Morgan fingerprint density at radius 2 is 1.96 bits per heavy atom. The first kappa shape index (κ1) is 15.6. The molecule has 2 aromatic heterocycles. The third-order valence-electron chi connectivity index (χ3n) is 4.69. The average Bonchev–Trinajstić information content (AvgIpc) is 3.27. The van der Waals surface area contributed by atoms with Crippen LogP contribution in [0.15, 0.2) is 12.1 Å².